The fraction of sp³-hybridized carbons (Fsp3) is 0.500. The average Bonchev–Trinajstić information content (AvgIpc) is 2.76. The number of methoxy groups -OCH3 is 1. The highest BCUT2D eigenvalue weighted by molar-refractivity contribution is 5.37. The Kier molecular flexibility index (Phi) is 3.21. The van der Waals surface area contributed by atoms with Crippen LogP contribution in [-0.2, 0) is 0 Å². The second kappa shape index (κ2) is 4.62. The monoisotopic (exact) mass is 209 g/mol. The lowest BCUT2D eigenvalue weighted by Gasteiger charge is -2.18. The van der Waals surface area contributed by atoms with E-state index in [0.717, 1.165) is 24.4 Å². The third kappa shape index (κ3) is 1.97. The molecule has 15 heavy (non-hydrogen) atoms. The van der Waals surface area contributed by atoms with Crippen LogP contribution in [0.5, 0.6) is 5.75 Å². The van der Waals surface area contributed by atoms with E-state index >= 15 is 0 Å². The van der Waals surface area contributed by atoms with E-state index in [-0.39, 0.29) is 18.5 Å². The highest BCUT2D eigenvalue weighted by Crippen LogP contribution is 2.34. The second-order valence-corrected chi connectivity index (χ2v) is 3.92. The van der Waals surface area contributed by atoms with Crippen molar-refractivity contribution >= 4 is 0 Å². The molecule has 1 aliphatic rings. The van der Waals surface area contributed by atoms with Gasteiger partial charge in [0.1, 0.15) is 5.75 Å². The number of hydrogen-bond donors (Lipinski definition) is 1. The van der Waals surface area contributed by atoms with Crippen molar-refractivity contribution in [3.8, 4) is 5.75 Å². The highest BCUT2D eigenvalue weighted by Gasteiger charge is 2.30. The van der Waals surface area contributed by atoms with Crippen LogP contribution in [-0.4, -0.2) is 26.9 Å². The Bertz CT molecular complexity index is 329. The van der Waals surface area contributed by atoms with Gasteiger partial charge in [0, 0.05) is 24.9 Å². The first-order chi connectivity index (χ1) is 7.36. The summed E-state index contributed by atoms with van der Waals surface area (Å²) in [5, 5.41) is 3.23. The van der Waals surface area contributed by atoms with Gasteiger partial charge < -0.3 is 10.1 Å². The summed E-state index contributed by atoms with van der Waals surface area (Å²) in [5.41, 5.74) is 1.12. The van der Waals surface area contributed by atoms with E-state index in [1.165, 1.54) is 0 Å². The topological polar surface area (TPSA) is 21.3 Å². The van der Waals surface area contributed by atoms with E-state index in [9.17, 15) is 4.39 Å². The standard InChI is InChI=1S/C12H16FNO/c1-15-12-5-3-2-4-10(12)11-8-14-7-9(11)6-13/h2-5,9,11,14H,6-8H2,1H3/t9-,11+/m0/s1. The predicted octanol–water partition coefficient (Wildman–Crippen LogP) is 1.97. The maximum atomic E-state index is 12.8. The molecule has 0 saturated carbocycles. The van der Waals surface area contributed by atoms with Crippen LogP contribution in [0, 0.1) is 5.92 Å². The van der Waals surface area contributed by atoms with Gasteiger partial charge in [0.2, 0.25) is 0 Å². The molecule has 0 aromatic heterocycles. The zero-order valence-electron chi connectivity index (χ0n) is 8.87. The van der Waals surface area contributed by atoms with Crippen molar-refractivity contribution in [1.29, 1.82) is 0 Å². The van der Waals surface area contributed by atoms with Gasteiger partial charge in [-0.25, -0.2) is 0 Å². The van der Waals surface area contributed by atoms with Crippen molar-refractivity contribution in [2.24, 2.45) is 5.92 Å². The third-order valence-electron chi connectivity index (χ3n) is 3.08. The summed E-state index contributed by atoms with van der Waals surface area (Å²) in [7, 11) is 1.66. The number of nitrogens with one attached hydrogen (secondary N) is 1. The summed E-state index contributed by atoms with van der Waals surface area (Å²) in [6.45, 7) is 1.34. The number of para-hydroxylation sites is 1. The lowest BCUT2D eigenvalue weighted by atomic mass is 9.89. The molecule has 3 heteroatoms. The third-order valence-corrected chi connectivity index (χ3v) is 3.08. The molecule has 1 saturated heterocycles. The lowest BCUT2D eigenvalue weighted by molar-refractivity contribution is 0.348. The van der Waals surface area contributed by atoms with Gasteiger partial charge in [0.15, 0.2) is 0 Å². The molecule has 1 fully saturated rings. The van der Waals surface area contributed by atoms with Crippen LogP contribution in [0.25, 0.3) is 0 Å². The van der Waals surface area contributed by atoms with E-state index in [1.54, 1.807) is 7.11 Å². The van der Waals surface area contributed by atoms with Crippen molar-refractivity contribution in [2.75, 3.05) is 26.9 Å². The zero-order valence-corrected chi connectivity index (χ0v) is 8.87. The largest absolute Gasteiger partial charge is 0.496 e. The van der Waals surface area contributed by atoms with E-state index in [4.69, 9.17) is 4.74 Å². The molecule has 0 bridgehead atoms. The number of alkyl halides is 1. The quantitative estimate of drug-likeness (QED) is 0.821. The van der Waals surface area contributed by atoms with E-state index in [1.807, 2.05) is 24.3 Å². The Morgan fingerprint density at radius 1 is 1.40 bits per heavy atom. The van der Waals surface area contributed by atoms with E-state index < -0.39 is 0 Å². The number of benzene rings is 1. The van der Waals surface area contributed by atoms with E-state index in [2.05, 4.69) is 5.32 Å². The smallest absolute Gasteiger partial charge is 0.122 e. The average molecular weight is 209 g/mol. The van der Waals surface area contributed by atoms with Crippen molar-refractivity contribution in [3.05, 3.63) is 29.8 Å². The molecule has 0 radical (unpaired) electrons. The molecule has 2 rings (SSSR count). The lowest BCUT2D eigenvalue weighted by Crippen LogP contribution is -2.13. The molecular weight excluding hydrogens is 193 g/mol. The van der Waals surface area contributed by atoms with Gasteiger partial charge in [-0.1, -0.05) is 18.2 Å². The normalized spacial score (nSPS) is 25.5. The fourth-order valence-corrected chi connectivity index (χ4v) is 2.23. The first-order valence-corrected chi connectivity index (χ1v) is 5.26. The molecule has 1 aromatic rings. The Morgan fingerprint density at radius 2 is 2.20 bits per heavy atom. The zero-order chi connectivity index (χ0) is 10.7. The molecular formula is C12H16FNO. The Hall–Kier alpha value is -1.09. The molecule has 0 unspecified atom stereocenters. The maximum Gasteiger partial charge on any atom is 0.122 e. The molecule has 0 aliphatic carbocycles. The molecule has 2 nitrogen and oxygen atoms in total. The minimum absolute atomic E-state index is 0.0845. The van der Waals surface area contributed by atoms with Crippen molar-refractivity contribution in [3.63, 3.8) is 0 Å². The van der Waals surface area contributed by atoms with Crippen molar-refractivity contribution in [1.82, 2.24) is 5.32 Å². The van der Waals surface area contributed by atoms with Gasteiger partial charge in [-0.3, -0.25) is 4.39 Å². The fourth-order valence-electron chi connectivity index (χ4n) is 2.23. The summed E-state index contributed by atoms with van der Waals surface area (Å²) in [6.07, 6.45) is 0. The van der Waals surface area contributed by atoms with Crippen LogP contribution in [0.2, 0.25) is 0 Å². The summed E-state index contributed by atoms with van der Waals surface area (Å²) in [5.74, 6) is 1.19. The van der Waals surface area contributed by atoms with Gasteiger partial charge >= 0.3 is 0 Å². The molecule has 0 spiro atoms. The van der Waals surface area contributed by atoms with Crippen LogP contribution in [0.3, 0.4) is 0 Å². The number of halogens is 1. The summed E-state index contributed by atoms with van der Waals surface area (Å²) in [6, 6.07) is 7.88. The Balaban J connectivity index is 2.27. The van der Waals surface area contributed by atoms with Crippen LogP contribution in [0.4, 0.5) is 4.39 Å². The van der Waals surface area contributed by atoms with Gasteiger partial charge in [0.05, 0.1) is 13.8 Å². The number of ether oxygens (including phenoxy) is 1. The molecule has 82 valence electrons. The second-order valence-electron chi connectivity index (χ2n) is 3.92. The van der Waals surface area contributed by atoms with Gasteiger partial charge in [-0.15, -0.1) is 0 Å². The van der Waals surface area contributed by atoms with Gasteiger partial charge in [-0.05, 0) is 11.6 Å². The maximum absolute atomic E-state index is 12.8. The molecule has 2 atom stereocenters. The summed E-state index contributed by atoms with van der Waals surface area (Å²) >= 11 is 0. The van der Waals surface area contributed by atoms with E-state index in [0.29, 0.717) is 0 Å². The first kappa shape index (κ1) is 10.4. The number of rotatable bonds is 3. The van der Waals surface area contributed by atoms with Crippen molar-refractivity contribution in [2.45, 2.75) is 5.92 Å². The minimum atomic E-state index is -0.268. The Labute approximate surface area is 89.4 Å². The number of hydrogen-bond acceptors (Lipinski definition) is 2. The summed E-state index contributed by atoms with van der Waals surface area (Å²) < 4.78 is 18.1. The van der Waals surface area contributed by atoms with Crippen LogP contribution in [0.1, 0.15) is 11.5 Å². The SMILES string of the molecule is COc1ccccc1[C@@H]1CNC[C@@H]1CF. The summed E-state index contributed by atoms with van der Waals surface area (Å²) in [4.78, 5) is 0. The molecule has 1 aliphatic heterocycles. The highest BCUT2D eigenvalue weighted by atomic mass is 19.1. The predicted molar refractivity (Wildman–Crippen MR) is 58.1 cm³/mol. The molecule has 1 aromatic carbocycles. The first-order valence-electron chi connectivity index (χ1n) is 5.26. The van der Waals surface area contributed by atoms with Gasteiger partial charge in [0.25, 0.3) is 0 Å². The molecule has 1 heterocycles. The van der Waals surface area contributed by atoms with Crippen LogP contribution < -0.4 is 10.1 Å². The Morgan fingerprint density at radius 3 is 2.93 bits per heavy atom. The van der Waals surface area contributed by atoms with Crippen molar-refractivity contribution < 1.29 is 9.13 Å². The van der Waals surface area contributed by atoms with Gasteiger partial charge in [-0.2, -0.15) is 0 Å². The van der Waals surface area contributed by atoms with Crippen LogP contribution in [0.15, 0.2) is 24.3 Å². The molecule has 0 amide bonds. The molecule has 1 N–H and O–H groups in total. The van der Waals surface area contributed by atoms with Crippen LogP contribution >= 0.6 is 0 Å². The minimum Gasteiger partial charge on any atom is -0.496 e.